The van der Waals surface area contributed by atoms with Gasteiger partial charge in [-0.05, 0) is 55.5 Å². The number of carbonyl (C=O) groups is 3. The quantitative estimate of drug-likeness (QED) is 0.558. The van der Waals surface area contributed by atoms with Crippen LogP contribution in [0.4, 0.5) is 0 Å². The van der Waals surface area contributed by atoms with Crippen LogP contribution in [0.5, 0.6) is 5.75 Å². The minimum absolute atomic E-state index is 0.167. The number of amides is 2. The Kier molecular flexibility index (Phi) is 8.09. The predicted molar refractivity (Wildman–Crippen MR) is 125 cm³/mol. The lowest BCUT2D eigenvalue weighted by molar-refractivity contribution is -0.155. The molecule has 176 valence electrons. The van der Waals surface area contributed by atoms with E-state index in [1.165, 1.54) is 0 Å². The summed E-state index contributed by atoms with van der Waals surface area (Å²) in [6.07, 6.45) is 1.88. The summed E-state index contributed by atoms with van der Waals surface area (Å²) in [5.74, 6) is -0.644. The molecule has 0 bridgehead atoms. The van der Waals surface area contributed by atoms with Gasteiger partial charge in [-0.1, -0.05) is 43.7 Å². The van der Waals surface area contributed by atoms with Gasteiger partial charge in [0.15, 0.2) is 6.61 Å². The molecule has 2 amide bonds. The first-order valence-electron chi connectivity index (χ1n) is 11.2. The maximum atomic E-state index is 12.9. The molecule has 0 aliphatic heterocycles. The second-order valence-corrected chi connectivity index (χ2v) is 8.77. The zero-order valence-corrected chi connectivity index (χ0v) is 19.7. The van der Waals surface area contributed by atoms with Crippen molar-refractivity contribution in [1.82, 2.24) is 10.2 Å². The third-order valence-electron chi connectivity index (χ3n) is 5.68. The molecule has 1 aliphatic carbocycles. The van der Waals surface area contributed by atoms with Crippen LogP contribution in [-0.4, -0.2) is 48.5 Å². The van der Waals surface area contributed by atoms with Crippen molar-refractivity contribution in [2.45, 2.75) is 52.2 Å². The summed E-state index contributed by atoms with van der Waals surface area (Å²) in [7, 11) is 1.61. The van der Waals surface area contributed by atoms with Crippen LogP contribution in [-0.2, 0) is 20.9 Å². The van der Waals surface area contributed by atoms with E-state index >= 15 is 0 Å². The standard InChI is InChI=1S/C26H32N2O5/c1-17(2)24(27-25(30)20-9-5-18(3)6-10-20)26(31)33-16-23(29)28(21-11-12-21)15-19-7-13-22(32-4)14-8-19/h5-10,13-14,17,21,24H,11-12,15-16H2,1-4H3,(H,27,30)/t24-/m1/s1. The Labute approximate surface area is 195 Å². The maximum absolute atomic E-state index is 12.9. The van der Waals surface area contributed by atoms with Gasteiger partial charge in [0.05, 0.1) is 7.11 Å². The fourth-order valence-corrected chi connectivity index (χ4v) is 3.47. The number of benzene rings is 2. The van der Waals surface area contributed by atoms with Gasteiger partial charge >= 0.3 is 5.97 Å². The Hall–Kier alpha value is -3.35. The van der Waals surface area contributed by atoms with Crippen molar-refractivity contribution in [2.24, 2.45) is 5.92 Å². The number of aryl methyl sites for hydroxylation is 1. The van der Waals surface area contributed by atoms with Crippen molar-refractivity contribution in [1.29, 1.82) is 0 Å². The summed E-state index contributed by atoms with van der Waals surface area (Å²) in [6, 6.07) is 14.0. The van der Waals surface area contributed by atoms with Crippen molar-refractivity contribution in [3.63, 3.8) is 0 Å². The van der Waals surface area contributed by atoms with Gasteiger partial charge < -0.3 is 19.7 Å². The minimum atomic E-state index is -0.845. The van der Waals surface area contributed by atoms with Crippen LogP contribution in [0, 0.1) is 12.8 Å². The summed E-state index contributed by atoms with van der Waals surface area (Å²) < 4.78 is 10.5. The number of hydrogen-bond donors (Lipinski definition) is 1. The maximum Gasteiger partial charge on any atom is 0.329 e. The van der Waals surface area contributed by atoms with Gasteiger partial charge in [-0.15, -0.1) is 0 Å². The Morgan fingerprint density at radius 2 is 1.67 bits per heavy atom. The molecule has 1 aliphatic rings. The zero-order chi connectivity index (χ0) is 24.0. The van der Waals surface area contributed by atoms with E-state index in [4.69, 9.17) is 9.47 Å². The number of methoxy groups -OCH3 is 1. The lowest BCUT2D eigenvalue weighted by atomic mass is 10.0. The number of rotatable bonds is 10. The fraction of sp³-hybridized carbons (Fsp3) is 0.423. The predicted octanol–water partition coefficient (Wildman–Crippen LogP) is 3.49. The smallest absolute Gasteiger partial charge is 0.329 e. The molecule has 0 heterocycles. The third-order valence-corrected chi connectivity index (χ3v) is 5.68. The highest BCUT2D eigenvalue weighted by Gasteiger charge is 2.34. The molecule has 0 aromatic heterocycles. The fourth-order valence-electron chi connectivity index (χ4n) is 3.47. The van der Waals surface area contributed by atoms with E-state index in [1.54, 1.807) is 24.1 Å². The minimum Gasteiger partial charge on any atom is -0.497 e. The van der Waals surface area contributed by atoms with Gasteiger partial charge in [-0.25, -0.2) is 4.79 Å². The summed E-state index contributed by atoms with van der Waals surface area (Å²) in [6.45, 7) is 5.68. The largest absolute Gasteiger partial charge is 0.497 e. The van der Waals surface area contributed by atoms with Gasteiger partial charge in [0.1, 0.15) is 11.8 Å². The van der Waals surface area contributed by atoms with Gasteiger partial charge in [-0.2, -0.15) is 0 Å². The van der Waals surface area contributed by atoms with E-state index < -0.39 is 12.0 Å². The van der Waals surface area contributed by atoms with Crippen molar-refractivity contribution in [2.75, 3.05) is 13.7 Å². The Morgan fingerprint density at radius 3 is 2.21 bits per heavy atom. The lowest BCUT2D eigenvalue weighted by Gasteiger charge is -2.24. The molecule has 7 heteroatoms. The van der Waals surface area contributed by atoms with Crippen LogP contribution in [0.25, 0.3) is 0 Å². The van der Waals surface area contributed by atoms with E-state index in [0.29, 0.717) is 12.1 Å². The number of carbonyl (C=O) groups excluding carboxylic acids is 3. The first-order chi connectivity index (χ1) is 15.8. The summed E-state index contributed by atoms with van der Waals surface area (Å²) in [5.41, 5.74) is 2.49. The van der Waals surface area contributed by atoms with Gasteiger partial charge in [0, 0.05) is 18.2 Å². The molecule has 3 rings (SSSR count). The van der Waals surface area contributed by atoms with Gasteiger partial charge in [0.25, 0.3) is 11.8 Å². The van der Waals surface area contributed by atoms with Crippen molar-refractivity contribution < 1.29 is 23.9 Å². The highest BCUT2D eigenvalue weighted by Crippen LogP contribution is 2.29. The molecular weight excluding hydrogens is 420 g/mol. The molecule has 0 unspecified atom stereocenters. The molecule has 1 atom stereocenters. The summed E-state index contributed by atoms with van der Waals surface area (Å²) in [4.78, 5) is 39.9. The van der Waals surface area contributed by atoms with E-state index in [1.807, 2.05) is 57.2 Å². The van der Waals surface area contributed by atoms with Crippen LogP contribution in [0.15, 0.2) is 48.5 Å². The van der Waals surface area contributed by atoms with Crippen LogP contribution in [0.3, 0.4) is 0 Å². The topological polar surface area (TPSA) is 84.9 Å². The Bertz CT molecular complexity index is 965. The average Bonchev–Trinajstić information content (AvgIpc) is 3.65. The first kappa shape index (κ1) is 24.3. The molecular formula is C26H32N2O5. The molecule has 0 radical (unpaired) electrons. The molecule has 7 nitrogen and oxygen atoms in total. The normalized spacial score (nSPS) is 13.8. The van der Waals surface area contributed by atoms with Crippen molar-refractivity contribution in [3.8, 4) is 5.75 Å². The number of nitrogens with zero attached hydrogens (tertiary/aromatic N) is 1. The Morgan fingerprint density at radius 1 is 1.03 bits per heavy atom. The first-order valence-corrected chi connectivity index (χ1v) is 11.2. The molecule has 2 aromatic carbocycles. The zero-order valence-electron chi connectivity index (χ0n) is 19.7. The molecule has 1 fully saturated rings. The van der Waals surface area contributed by atoms with Crippen molar-refractivity contribution >= 4 is 17.8 Å². The summed E-state index contributed by atoms with van der Waals surface area (Å²) >= 11 is 0. The van der Waals surface area contributed by atoms with E-state index in [-0.39, 0.29) is 30.4 Å². The van der Waals surface area contributed by atoms with Gasteiger partial charge in [-0.3, -0.25) is 9.59 Å². The number of nitrogens with one attached hydrogen (secondary N) is 1. The molecule has 1 N–H and O–H groups in total. The van der Waals surface area contributed by atoms with Crippen molar-refractivity contribution in [3.05, 3.63) is 65.2 Å². The summed E-state index contributed by atoms with van der Waals surface area (Å²) in [5, 5.41) is 2.74. The monoisotopic (exact) mass is 452 g/mol. The second-order valence-electron chi connectivity index (χ2n) is 8.77. The van der Waals surface area contributed by atoms with E-state index in [9.17, 15) is 14.4 Å². The molecule has 2 aromatic rings. The molecule has 1 saturated carbocycles. The highest BCUT2D eigenvalue weighted by molar-refractivity contribution is 5.97. The van der Waals surface area contributed by atoms with E-state index in [2.05, 4.69) is 5.32 Å². The van der Waals surface area contributed by atoms with Crippen LogP contribution in [0.1, 0.15) is 48.2 Å². The molecule has 33 heavy (non-hydrogen) atoms. The van der Waals surface area contributed by atoms with E-state index in [0.717, 1.165) is 29.7 Å². The highest BCUT2D eigenvalue weighted by atomic mass is 16.5. The van der Waals surface area contributed by atoms with Crippen LogP contribution < -0.4 is 10.1 Å². The third kappa shape index (κ3) is 6.81. The van der Waals surface area contributed by atoms with Gasteiger partial charge in [0.2, 0.25) is 0 Å². The second kappa shape index (κ2) is 11.0. The average molecular weight is 453 g/mol. The molecule has 0 spiro atoms. The lowest BCUT2D eigenvalue weighted by Crippen LogP contribution is -2.46. The number of esters is 1. The Balaban J connectivity index is 1.58. The SMILES string of the molecule is COc1ccc(CN(C(=O)COC(=O)[C@H](NC(=O)c2ccc(C)cc2)C(C)C)C2CC2)cc1. The number of ether oxygens (including phenoxy) is 2. The number of hydrogen-bond acceptors (Lipinski definition) is 5. The molecule has 0 saturated heterocycles. The van der Waals surface area contributed by atoms with Crippen LogP contribution >= 0.6 is 0 Å². The van der Waals surface area contributed by atoms with Crippen LogP contribution in [0.2, 0.25) is 0 Å².